The van der Waals surface area contributed by atoms with Crippen molar-refractivity contribution in [2.45, 2.75) is 12.7 Å². The van der Waals surface area contributed by atoms with Crippen LogP contribution in [0.3, 0.4) is 0 Å². The Morgan fingerprint density at radius 2 is 2.08 bits per heavy atom. The average molecular weight is 334 g/mol. The van der Waals surface area contributed by atoms with E-state index < -0.39 is 6.29 Å². The SMILES string of the molecule is OC(O)Cc1c(I)cc(Cl)nc1Cl. The van der Waals surface area contributed by atoms with Crippen molar-refractivity contribution >= 4 is 45.8 Å². The van der Waals surface area contributed by atoms with Gasteiger partial charge in [-0.25, -0.2) is 4.98 Å². The third kappa shape index (κ3) is 3.21. The van der Waals surface area contributed by atoms with Crippen LogP contribution in [0.15, 0.2) is 6.07 Å². The number of nitrogens with zero attached hydrogens (tertiary/aromatic N) is 1. The maximum atomic E-state index is 8.76. The zero-order chi connectivity index (χ0) is 10.0. The molecule has 0 amide bonds. The fourth-order valence-corrected chi connectivity index (χ4v) is 2.47. The van der Waals surface area contributed by atoms with Gasteiger partial charge in [-0.15, -0.1) is 0 Å². The van der Waals surface area contributed by atoms with E-state index in [2.05, 4.69) is 4.98 Å². The summed E-state index contributed by atoms with van der Waals surface area (Å²) in [6.45, 7) is 0. The Morgan fingerprint density at radius 3 is 2.54 bits per heavy atom. The minimum Gasteiger partial charge on any atom is -0.368 e. The summed E-state index contributed by atoms with van der Waals surface area (Å²) in [5.41, 5.74) is 0.599. The van der Waals surface area contributed by atoms with Crippen LogP contribution in [0.4, 0.5) is 0 Å². The number of hydrogen-bond acceptors (Lipinski definition) is 3. The van der Waals surface area contributed by atoms with E-state index in [0.29, 0.717) is 10.7 Å². The molecule has 0 atom stereocenters. The number of pyridine rings is 1. The first-order valence-corrected chi connectivity index (χ1v) is 5.20. The third-order valence-corrected chi connectivity index (χ3v) is 2.84. The van der Waals surface area contributed by atoms with Crippen LogP contribution in [0.5, 0.6) is 0 Å². The van der Waals surface area contributed by atoms with Gasteiger partial charge in [0.15, 0.2) is 6.29 Å². The molecule has 0 fully saturated rings. The Bertz CT molecular complexity index is 296. The number of halogens is 3. The van der Waals surface area contributed by atoms with Gasteiger partial charge in [-0.1, -0.05) is 23.2 Å². The Balaban J connectivity index is 3.06. The van der Waals surface area contributed by atoms with Crippen molar-refractivity contribution in [2.75, 3.05) is 0 Å². The van der Waals surface area contributed by atoms with Crippen molar-refractivity contribution in [2.24, 2.45) is 0 Å². The van der Waals surface area contributed by atoms with E-state index in [1.54, 1.807) is 6.07 Å². The summed E-state index contributed by atoms with van der Waals surface area (Å²) in [4.78, 5) is 3.79. The lowest BCUT2D eigenvalue weighted by Crippen LogP contribution is -2.10. The Morgan fingerprint density at radius 1 is 1.46 bits per heavy atom. The van der Waals surface area contributed by atoms with Crippen molar-refractivity contribution in [1.29, 1.82) is 0 Å². The Hall–Kier alpha value is 0.380. The fraction of sp³-hybridized carbons (Fsp3) is 0.286. The van der Waals surface area contributed by atoms with Crippen molar-refractivity contribution in [3.63, 3.8) is 0 Å². The zero-order valence-electron chi connectivity index (χ0n) is 6.34. The number of hydrogen-bond donors (Lipinski definition) is 2. The number of aromatic nitrogens is 1. The molecule has 0 aliphatic carbocycles. The lowest BCUT2D eigenvalue weighted by atomic mass is 10.2. The van der Waals surface area contributed by atoms with Gasteiger partial charge < -0.3 is 10.2 Å². The molecular formula is C7H6Cl2INO2. The molecule has 13 heavy (non-hydrogen) atoms. The van der Waals surface area contributed by atoms with E-state index in [0.717, 1.165) is 3.57 Å². The first-order valence-electron chi connectivity index (χ1n) is 3.37. The monoisotopic (exact) mass is 333 g/mol. The van der Waals surface area contributed by atoms with Crippen LogP contribution in [0.1, 0.15) is 5.56 Å². The minimum atomic E-state index is -1.42. The van der Waals surface area contributed by atoms with Gasteiger partial charge in [0.25, 0.3) is 0 Å². The summed E-state index contributed by atoms with van der Waals surface area (Å²) in [5.74, 6) is 0. The van der Waals surface area contributed by atoms with Crippen molar-refractivity contribution < 1.29 is 10.2 Å². The van der Waals surface area contributed by atoms with Crippen molar-refractivity contribution in [1.82, 2.24) is 4.98 Å². The van der Waals surface area contributed by atoms with Gasteiger partial charge in [0.1, 0.15) is 10.3 Å². The van der Waals surface area contributed by atoms with Gasteiger partial charge in [-0.05, 0) is 28.7 Å². The predicted molar refractivity (Wildman–Crippen MR) is 58.9 cm³/mol. The predicted octanol–water partition coefficient (Wildman–Crippen LogP) is 1.85. The Kier molecular flexibility index (Phi) is 4.18. The quantitative estimate of drug-likeness (QED) is 0.493. The van der Waals surface area contributed by atoms with Gasteiger partial charge in [0.05, 0.1) is 0 Å². The summed E-state index contributed by atoms with van der Waals surface area (Å²) in [5, 5.41) is 18.0. The van der Waals surface area contributed by atoms with E-state index in [1.165, 1.54) is 0 Å². The lowest BCUT2D eigenvalue weighted by Gasteiger charge is -2.07. The van der Waals surface area contributed by atoms with Crippen molar-refractivity contribution in [3.8, 4) is 0 Å². The van der Waals surface area contributed by atoms with Gasteiger partial charge in [-0.3, -0.25) is 0 Å². The van der Waals surface area contributed by atoms with E-state index in [4.69, 9.17) is 33.4 Å². The standard InChI is InChI=1S/C7H6Cl2INO2/c8-5-2-4(10)3(1-6(12)13)7(9)11-5/h2,6,12-13H,1H2. The molecule has 0 aliphatic heterocycles. The summed E-state index contributed by atoms with van der Waals surface area (Å²) >= 11 is 13.4. The fourth-order valence-electron chi connectivity index (χ4n) is 0.848. The van der Waals surface area contributed by atoms with Crippen LogP contribution < -0.4 is 0 Å². The lowest BCUT2D eigenvalue weighted by molar-refractivity contribution is -0.0383. The summed E-state index contributed by atoms with van der Waals surface area (Å²) in [6.07, 6.45) is -1.37. The molecule has 0 bridgehead atoms. The molecule has 1 aromatic heterocycles. The molecule has 0 saturated carbocycles. The molecule has 72 valence electrons. The van der Waals surface area contributed by atoms with Gasteiger partial charge in [0.2, 0.25) is 0 Å². The smallest absolute Gasteiger partial charge is 0.155 e. The van der Waals surface area contributed by atoms with E-state index in [9.17, 15) is 0 Å². The first-order chi connectivity index (χ1) is 6.00. The van der Waals surface area contributed by atoms with Crippen molar-refractivity contribution in [3.05, 3.63) is 25.5 Å². The van der Waals surface area contributed by atoms with Gasteiger partial charge in [0, 0.05) is 15.6 Å². The second-order valence-electron chi connectivity index (χ2n) is 2.38. The second kappa shape index (κ2) is 4.75. The molecule has 0 unspecified atom stereocenters. The van der Waals surface area contributed by atoms with Crippen LogP contribution in [0.2, 0.25) is 10.3 Å². The maximum absolute atomic E-state index is 8.76. The molecule has 0 aromatic carbocycles. The first kappa shape index (κ1) is 11.5. The normalized spacial score (nSPS) is 10.9. The van der Waals surface area contributed by atoms with E-state index >= 15 is 0 Å². The second-order valence-corrected chi connectivity index (χ2v) is 4.29. The average Bonchev–Trinajstić information content (AvgIpc) is 1.96. The van der Waals surface area contributed by atoms with E-state index in [-0.39, 0.29) is 11.6 Å². The number of aliphatic hydroxyl groups excluding tert-OH is 1. The Labute approximate surface area is 98.8 Å². The maximum Gasteiger partial charge on any atom is 0.155 e. The highest BCUT2D eigenvalue weighted by Gasteiger charge is 2.11. The molecule has 0 spiro atoms. The summed E-state index contributed by atoms with van der Waals surface area (Å²) < 4.78 is 0.774. The molecule has 0 aliphatic rings. The molecule has 1 aromatic rings. The largest absolute Gasteiger partial charge is 0.368 e. The van der Waals surface area contributed by atoms with Crippen LogP contribution in [0, 0.1) is 3.57 Å². The topological polar surface area (TPSA) is 53.4 Å². The highest BCUT2D eigenvalue weighted by Crippen LogP contribution is 2.24. The van der Waals surface area contributed by atoms with Crippen LogP contribution in [0.25, 0.3) is 0 Å². The number of rotatable bonds is 2. The molecule has 3 nitrogen and oxygen atoms in total. The molecule has 2 N–H and O–H groups in total. The summed E-state index contributed by atoms with van der Waals surface area (Å²) in [7, 11) is 0. The third-order valence-electron chi connectivity index (χ3n) is 1.37. The van der Waals surface area contributed by atoms with Crippen LogP contribution in [-0.4, -0.2) is 21.5 Å². The number of aliphatic hydroxyl groups is 2. The summed E-state index contributed by atoms with van der Waals surface area (Å²) in [6, 6.07) is 1.62. The van der Waals surface area contributed by atoms with E-state index in [1.807, 2.05) is 22.6 Å². The molecule has 0 radical (unpaired) electrons. The molecule has 0 saturated heterocycles. The van der Waals surface area contributed by atoms with Gasteiger partial charge in [-0.2, -0.15) is 0 Å². The molecular weight excluding hydrogens is 328 g/mol. The highest BCUT2D eigenvalue weighted by molar-refractivity contribution is 14.1. The highest BCUT2D eigenvalue weighted by atomic mass is 127. The molecule has 1 heterocycles. The van der Waals surface area contributed by atoms with Crippen LogP contribution >= 0.6 is 45.8 Å². The van der Waals surface area contributed by atoms with Gasteiger partial charge >= 0.3 is 0 Å². The molecule has 1 rings (SSSR count). The zero-order valence-corrected chi connectivity index (χ0v) is 10.0. The van der Waals surface area contributed by atoms with Crippen LogP contribution in [-0.2, 0) is 6.42 Å². The molecule has 6 heteroatoms. The minimum absolute atomic E-state index is 0.0568.